The van der Waals surface area contributed by atoms with Crippen molar-refractivity contribution in [3.63, 3.8) is 0 Å². The molecule has 1 saturated carbocycles. The molecule has 0 spiro atoms. The molecule has 1 heterocycles. The lowest BCUT2D eigenvalue weighted by molar-refractivity contribution is -0.117. The number of anilines is 1. The lowest BCUT2D eigenvalue weighted by atomic mass is 9.84. The minimum absolute atomic E-state index is 0.0170. The quantitative estimate of drug-likeness (QED) is 0.730. The van der Waals surface area contributed by atoms with Gasteiger partial charge in [-0.05, 0) is 46.5 Å². The van der Waals surface area contributed by atoms with E-state index in [4.69, 9.17) is 9.26 Å². The third-order valence-electron chi connectivity index (χ3n) is 5.76. The van der Waals surface area contributed by atoms with Crippen LogP contribution < -0.4 is 5.32 Å². The molecule has 0 saturated heterocycles. The minimum atomic E-state index is -1.32. The van der Waals surface area contributed by atoms with Crippen LogP contribution in [0.15, 0.2) is 10.6 Å². The van der Waals surface area contributed by atoms with E-state index in [0.29, 0.717) is 5.69 Å². The Labute approximate surface area is 163 Å². The number of ether oxygens (including phenoxy) is 1. The van der Waals surface area contributed by atoms with Gasteiger partial charge in [0.25, 0.3) is 0 Å². The molecule has 1 aliphatic carbocycles. The number of hydrogen-bond acceptors (Lipinski definition) is 6. The maximum absolute atomic E-state index is 13.0. The van der Waals surface area contributed by atoms with Crippen LogP contribution in [0.2, 0.25) is 0 Å². The number of nitrogens with one attached hydrogen (secondary N) is 1. The van der Waals surface area contributed by atoms with Crippen molar-refractivity contribution in [2.45, 2.75) is 87.9 Å². The normalized spacial score (nSPS) is 23.7. The molecule has 0 aliphatic heterocycles. The highest BCUT2D eigenvalue weighted by atomic mass is 32.2. The Bertz CT molecular complexity index is 675. The van der Waals surface area contributed by atoms with Crippen LogP contribution in [0, 0.1) is 0 Å². The summed E-state index contributed by atoms with van der Waals surface area (Å²) < 4.78 is 22.5. The maximum atomic E-state index is 13.0. The second kappa shape index (κ2) is 8.41. The van der Waals surface area contributed by atoms with Crippen LogP contribution in [0.3, 0.4) is 0 Å². The zero-order valence-electron chi connectivity index (χ0n) is 17.1. The number of carbonyl (C=O) groups excluding carboxylic acids is 1. The van der Waals surface area contributed by atoms with Gasteiger partial charge in [-0.2, -0.15) is 0 Å². The van der Waals surface area contributed by atoms with Crippen molar-refractivity contribution in [1.29, 1.82) is 0 Å². The molecule has 0 aromatic carbocycles. The topological polar surface area (TPSA) is 102 Å². The highest BCUT2D eigenvalue weighted by Crippen LogP contribution is 2.31. The highest BCUT2D eigenvalue weighted by Gasteiger charge is 2.41. The third kappa shape index (κ3) is 4.78. The number of hydrogen-bond donors (Lipinski definition) is 2. The first kappa shape index (κ1) is 22.0. The van der Waals surface area contributed by atoms with Crippen LogP contribution >= 0.6 is 0 Å². The van der Waals surface area contributed by atoms with Gasteiger partial charge >= 0.3 is 0 Å². The Morgan fingerprint density at radius 1 is 1.33 bits per heavy atom. The molecule has 1 amide bonds. The fourth-order valence-electron chi connectivity index (χ4n) is 3.10. The van der Waals surface area contributed by atoms with Gasteiger partial charge in [-0.1, -0.05) is 19.0 Å². The van der Waals surface area contributed by atoms with E-state index in [9.17, 15) is 14.1 Å². The predicted molar refractivity (Wildman–Crippen MR) is 105 cm³/mol. The van der Waals surface area contributed by atoms with Crippen LogP contribution in [0.1, 0.15) is 66.0 Å². The van der Waals surface area contributed by atoms with Crippen LogP contribution in [0.5, 0.6) is 0 Å². The smallest absolute Gasteiger partial charge is 0.245 e. The van der Waals surface area contributed by atoms with Gasteiger partial charge in [0.2, 0.25) is 11.8 Å². The number of amides is 1. The van der Waals surface area contributed by atoms with Gasteiger partial charge in [-0.15, -0.1) is 0 Å². The van der Waals surface area contributed by atoms with E-state index in [1.54, 1.807) is 33.9 Å². The van der Waals surface area contributed by atoms with Gasteiger partial charge in [0.1, 0.15) is 4.75 Å². The second-order valence-corrected chi connectivity index (χ2v) is 10.7. The summed E-state index contributed by atoms with van der Waals surface area (Å²) in [5.41, 5.74) is -0.0604. The van der Waals surface area contributed by atoms with Gasteiger partial charge in [-0.25, -0.2) is 0 Å². The Balaban J connectivity index is 2.04. The summed E-state index contributed by atoms with van der Waals surface area (Å²) in [6.45, 7) is 8.75. The lowest BCUT2D eigenvalue weighted by Crippen LogP contribution is -2.46. The summed E-state index contributed by atoms with van der Waals surface area (Å²) in [5.74, 6) is -0.177. The van der Waals surface area contributed by atoms with Gasteiger partial charge in [-0.3, -0.25) is 14.3 Å². The zero-order chi connectivity index (χ0) is 20.4. The van der Waals surface area contributed by atoms with E-state index in [-0.39, 0.29) is 23.1 Å². The number of rotatable bonds is 7. The standard InChI is InChI=1S/C19H32N2O5S/c1-12(22)18(2,3)15-11-16(26-21-15)20-17(23)19(4,5)27(24)14-9-7-13(25-6)8-10-14/h11-14,22H,7-10H2,1-6H3,(H,20,23)/t12-,13?,14?,27+/m0/s1. The van der Waals surface area contributed by atoms with Crippen molar-refractivity contribution in [2.24, 2.45) is 0 Å². The fourth-order valence-corrected chi connectivity index (χ4v) is 4.87. The van der Waals surface area contributed by atoms with E-state index >= 15 is 0 Å². The number of aliphatic hydroxyl groups excluding tert-OH is 1. The van der Waals surface area contributed by atoms with Crippen molar-refractivity contribution >= 4 is 22.6 Å². The summed E-state index contributed by atoms with van der Waals surface area (Å²) in [6, 6.07) is 1.60. The average Bonchev–Trinajstić information content (AvgIpc) is 3.10. The van der Waals surface area contributed by atoms with E-state index in [2.05, 4.69) is 10.5 Å². The molecule has 2 rings (SSSR count). The SMILES string of the molecule is COC1CCC([S@@](=O)C(C)(C)C(=O)Nc2cc(C(C)(C)[C@H](C)O)no2)CC1. The lowest BCUT2D eigenvalue weighted by Gasteiger charge is -2.32. The zero-order valence-corrected chi connectivity index (χ0v) is 17.9. The molecule has 0 radical (unpaired) electrons. The Kier molecular flexibility index (Phi) is 6.86. The molecular weight excluding hydrogens is 368 g/mol. The van der Waals surface area contributed by atoms with Crippen molar-refractivity contribution < 1.29 is 23.4 Å². The summed E-state index contributed by atoms with van der Waals surface area (Å²) in [5, 5.41) is 16.5. The highest BCUT2D eigenvalue weighted by molar-refractivity contribution is 7.87. The van der Waals surface area contributed by atoms with Crippen molar-refractivity contribution in [3.05, 3.63) is 11.8 Å². The molecule has 0 bridgehead atoms. The molecule has 1 aromatic heterocycles. The molecule has 7 nitrogen and oxygen atoms in total. The molecule has 0 unspecified atom stereocenters. The second-order valence-electron chi connectivity index (χ2n) is 8.37. The molecule has 1 aliphatic rings. The van der Waals surface area contributed by atoms with E-state index < -0.39 is 27.1 Å². The predicted octanol–water partition coefficient (Wildman–Crippen LogP) is 2.76. The molecule has 154 valence electrons. The van der Waals surface area contributed by atoms with Crippen LogP contribution in [-0.2, 0) is 25.7 Å². The van der Waals surface area contributed by atoms with Gasteiger partial charge in [0.15, 0.2) is 0 Å². The molecule has 2 atom stereocenters. The molecule has 2 N–H and O–H groups in total. The summed E-state index contributed by atoms with van der Waals surface area (Å²) >= 11 is 0. The number of aliphatic hydroxyl groups is 1. The van der Waals surface area contributed by atoms with Gasteiger partial charge in [0, 0.05) is 34.6 Å². The molecule has 1 aromatic rings. The minimum Gasteiger partial charge on any atom is -0.392 e. The molecule has 8 heteroatoms. The van der Waals surface area contributed by atoms with Crippen LogP contribution in [-0.4, -0.2) is 49.7 Å². The number of nitrogens with zero attached hydrogens (tertiary/aromatic N) is 1. The summed E-state index contributed by atoms with van der Waals surface area (Å²) in [7, 11) is 0.373. The Morgan fingerprint density at radius 3 is 2.44 bits per heavy atom. The summed E-state index contributed by atoms with van der Waals surface area (Å²) in [6.07, 6.45) is 2.90. The molecular formula is C19H32N2O5S. The molecule has 27 heavy (non-hydrogen) atoms. The first-order chi connectivity index (χ1) is 12.5. The van der Waals surface area contributed by atoms with Crippen molar-refractivity contribution in [2.75, 3.05) is 12.4 Å². The Hall–Kier alpha value is -1.25. The van der Waals surface area contributed by atoms with Crippen molar-refractivity contribution in [3.8, 4) is 0 Å². The Morgan fingerprint density at radius 2 is 1.93 bits per heavy atom. The maximum Gasteiger partial charge on any atom is 0.245 e. The average molecular weight is 401 g/mol. The van der Waals surface area contributed by atoms with E-state index in [1.807, 2.05) is 13.8 Å². The van der Waals surface area contributed by atoms with Gasteiger partial charge < -0.3 is 14.4 Å². The third-order valence-corrected chi connectivity index (χ3v) is 8.03. The van der Waals surface area contributed by atoms with E-state index in [1.165, 1.54) is 0 Å². The van der Waals surface area contributed by atoms with Crippen molar-refractivity contribution in [1.82, 2.24) is 5.16 Å². The largest absolute Gasteiger partial charge is 0.392 e. The number of aromatic nitrogens is 1. The first-order valence-corrected chi connectivity index (χ1v) is 10.6. The van der Waals surface area contributed by atoms with Gasteiger partial charge in [0.05, 0.1) is 17.9 Å². The fraction of sp³-hybridized carbons (Fsp3) is 0.789. The van der Waals surface area contributed by atoms with E-state index in [0.717, 1.165) is 25.7 Å². The van der Waals surface area contributed by atoms with Crippen LogP contribution in [0.4, 0.5) is 5.88 Å². The molecule has 1 fully saturated rings. The number of carbonyl (C=O) groups is 1. The van der Waals surface area contributed by atoms with Crippen LogP contribution in [0.25, 0.3) is 0 Å². The first-order valence-electron chi connectivity index (χ1n) is 9.40. The monoisotopic (exact) mass is 400 g/mol. The summed E-state index contributed by atoms with van der Waals surface area (Å²) in [4.78, 5) is 12.8. The number of methoxy groups -OCH3 is 1.